The lowest BCUT2D eigenvalue weighted by atomic mass is 9.86. The van der Waals surface area contributed by atoms with Crippen LogP contribution in [-0.4, -0.2) is 24.9 Å². The van der Waals surface area contributed by atoms with Crippen molar-refractivity contribution in [2.75, 3.05) is 0 Å². The van der Waals surface area contributed by atoms with E-state index in [4.69, 9.17) is 9.97 Å². The van der Waals surface area contributed by atoms with Crippen molar-refractivity contribution in [1.82, 2.24) is 19.1 Å². The molecule has 1 aliphatic carbocycles. The second-order valence-electron chi connectivity index (χ2n) is 14.1. The SMILES string of the molecule is O=C1CC(c2ccccc2)c2ccccc2-c2c1c1cc3c4ccccc4n(-c4nc(-c5ccccc5)c5ccccc5n4)c3cc1n2-c1ccccc1. The maximum atomic E-state index is 14.9. The third-order valence-corrected chi connectivity index (χ3v) is 11.1. The van der Waals surface area contributed by atoms with Gasteiger partial charge in [-0.25, -0.2) is 9.97 Å². The maximum Gasteiger partial charge on any atom is 0.235 e. The molecule has 1 atom stereocenters. The number of carbonyl (C=O) groups is 1. The number of aromatic nitrogens is 4. The number of carbonyl (C=O) groups excluding carboxylic acids is 1. The number of fused-ring (bicyclic) bond motifs is 9. The van der Waals surface area contributed by atoms with Gasteiger partial charge in [0, 0.05) is 50.7 Å². The molecule has 254 valence electrons. The molecule has 5 heteroatoms. The van der Waals surface area contributed by atoms with Crippen LogP contribution in [0, 0.1) is 0 Å². The van der Waals surface area contributed by atoms with Gasteiger partial charge in [0.1, 0.15) is 0 Å². The second-order valence-corrected chi connectivity index (χ2v) is 14.1. The number of rotatable bonds is 4. The zero-order valence-electron chi connectivity index (χ0n) is 29.2. The number of benzene rings is 7. The molecule has 5 nitrogen and oxygen atoms in total. The lowest BCUT2D eigenvalue weighted by Gasteiger charge is -2.19. The van der Waals surface area contributed by atoms with Crippen molar-refractivity contribution in [2.24, 2.45) is 0 Å². The van der Waals surface area contributed by atoms with Crippen molar-refractivity contribution >= 4 is 49.4 Å². The molecular weight excluding hydrogens is 661 g/mol. The van der Waals surface area contributed by atoms with Crippen LogP contribution >= 0.6 is 0 Å². The third kappa shape index (κ3) is 4.55. The van der Waals surface area contributed by atoms with E-state index in [1.54, 1.807) is 0 Å². The van der Waals surface area contributed by atoms with Crippen LogP contribution in [0.5, 0.6) is 0 Å². The van der Waals surface area contributed by atoms with Gasteiger partial charge in [-0.3, -0.25) is 9.36 Å². The van der Waals surface area contributed by atoms with Gasteiger partial charge in [0.25, 0.3) is 0 Å². The standard InChI is InChI=1S/C49H32N4O/c54-45-29-38(31-16-4-1-5-17-31)34-22-10-11-24-36(34)48-46(45)40-28-39-35-23-13-15-27-42(35)53(43(39)30-44(40)52(48)33-20-8-3-9-21-33)49-50-41-26-14-12-25-37(41)47(51-49)32-18-6-2-7-19-32/h1-28,30,38H,29H2. The highest BCUT2D eigenvalue weighted by Crippen LogP contribution is 2.47. The lowest BCUT2D eigenvalue weighted by molar-refractivity contribution is 0.0981. The quantitative estimate of drug-likeness (QED) is 0.184. The molecule has 11 rings (SSSR count). The van der Waals surface area contributed by atoms with Crippen LogP contribution < -0.4 is 0 Å². The molecule has 1 aliphatic rings. The van der Waals surface area contributed by atoms with Crippen molar-refractivity contribution in [3.63, 3.8) is 0 Å². The van der Waals surface area contributed by atoms with Crippen molar-refractivity contribution in [3.8, 4) is 34.2 Å². The Morgan fingerprint density at radius 2 is 1.17 bits per heavy atom. The van der Waals surface area contributed by atoms with Crippen LogP contribution in [0.3, 0.4) is 0 Å². The molecule has 0 saturated carbocycles. The highest BCUT2D eigenvalue weighted by atomic mass is 16.1. The van der Waals surface area contributed by atoms with E-state index in [1.807, 2.05) is 42.5 Å². The molecular formula is C49H32N4O. The van der Waals surface area contributed by atoms with E-state index in [1.165, 1.54) is 0 Å². The Morgan fingerprint density at radius 3 is 1.98 bits per heavy atom. The number of nitrogens with zero attached hydrogens (tertiary/aromatic N) is 4. The summed E-state index contributed by atoms with van der Waals surface area (Å²) in [6, 6.07) is 60.9. The monoisotopic (exact) mass is 692 g/mol. The first-order valence-corrected chi connectivity index (χ1v) is 18.4. The van der Waals surface area contributed by atoms with E-state index in [2.05, 4.69) is 143 Å². The molecule has 3 heterocycles. The second kappa shape index (κ2) is 12.0. The molecule has 0 fully saturated rings. The largest absolute Gasteiger partial charge is 0.308 e. The molecule has 0 N–H and O–H groups in total. The summed E-state index contributed by atoms with van der Waals surface area (Å²) < 4.78 is 4.49. The van der Waals surface area contributed by atoms with E-state index in [0.29, 0.717) is 12.4 Å². The fourth-order valence-corrected chi connectivity index (χ4v) is 8.72. The highest BCUT2D eigenvalue weighted by molar-refractivity contribution is 6.21. The van der Waals surface area contributed by atoms with Gasteiger partial charge in [-0.2, -0.15) is 0 Å². The molecule has 0 aliphatic heterocycles. The van der Waals surface area contributed by atoms with Gasteiger partial charge in [-0.15, -0.1) is 0 Å². The van der Waals surface area contributed by atoms with E-state index in [0.717, 1.165) is 88.5 Å². The van der Waals surface area contributed by atoms with Crippen molar-refractivity contribution < 1.29 is 4.79 Å². The Balaban J connectivity index is 1.26. The molecule has 0 spiro atoms. The molecule has 54 heavy (non-hydrogen) atoms. The van der Waals surface area contributed by atoms with E-state index >= 15 is 0 Å². The van der Waals surface area contributed by atoms with Gasteiger partial charge in [-0.1, -0.05) is 140 Å². The lowest BCUT2D eigenvalue weighted by Crippen LogP contribution is -2.07. The van der Waals surface area contributed by atoms with E-state index < -0.39 is 0 Å². The summed E-state index contributed by atoms with van der Waals surface area (Å²) in [5.74, 6) is 0.684. The Kier molecular flexibility index (Phi) is 6.76. The predicted molar refractivity (Wildman–Crippen MR) is 219 cm³/mol. The minimum absolute atomic E-state index is 0.0592. The molecule has 10 aromatic rings. The summed E-state index contributed by atoms with van der Waals surface area (Å²) in [6.45, 7) is 0. The number of Topliss-reactive ketones (excluding diaryl/α,β-unsaturated/α-hetero) is 1. The molecule has 7 aromatic carbocycles. The van der Waals surface area contributed by atoms with Crippen LogP contribution in [0.4, 0.5) is 0 Å². The fourth-order valence-electron chi connectivity index (χ4n) is 8.72. The summed E-state index contributed by atoms with van der Waals surface area (Å²) >= 11 is 0. The van der Waals surface area contributed by atoms with E-state index in [9.17, 15) is 4.79 Å². The van der Waals surface area contributed by atoms with Gasteiger partial charge in [0.05, 0.1) is 39.0 Å². The first kappa shape index (κ1) is 30.5. The summed E-state index contributed by atoms with van der Waals surface area (Å²) in [5.41, 5.74) is 11.8. The van der Waals surface area contributed by atoms with Gasteiger partial charge >= 0.3 is 0 Å². The van der Waals surface area contributed by atoms with Crippen molar-refractivity contribution in [2.45, 2.75) is 12.3 Å². The first-order valence-electron chi connectivity index (χ1n) is 18.4. The summed E-state index contributed by atoms with van der Waals surface area (Å²) in [6.07, 6.45) is 0.384. The number of hydrogen-bond acceptors (Lipinski definition) is 3. The maximum absolute atomic E-state index is 14.9. The van der Waals surface area contributed by atoms with Gasteiger partial charge in [0.2, 0.25) is 5.95 Å². The normalized spacial score (nSPS) is 14.1. The summed E-state index contributed by atoms with van der Waals surface area (Å²) in [7, 11) is 0. The molecule has 0 radical (unpaired) electrons. The van der Waals surface area contributed by atoms with Crippen molar-refractivity contribution in [3.05, 3.63) is 193 Å². The number of hydrogen-bond donors (Lipinski definition) is 0. The smallest absolute Gasteiger partial charge is 0.235 e. The van der Waals surface area contributed by atoms with Gasteiger partial charge in [-0.05, 0) is 47.5 Å². The highest BCUT2D eigenvalue weighted by Gasteiger charge is 2.34. The Hall–Kier alpha value is -7.11. The summed E-state index contributed by atoms with van der Waals surface area (Å²) in [5, 5.41) is 4.08. The third-order valence-electron chi connectivity index (χ3n) is 11.1. The average Bonchev–Trinajstić information content (AvgIpc) is 3.70. The summed E-state index contributed by atoms with van der Waals surface area (Å²) in [4.78, 5) is 25.4. The minimum atomic E-state index is -0.0592. The van der Waals surface area contributed by atoms with Crippen LogP contribution in [-0.2, 0) is 0 Å². The number of ketones is 1. The molecule has 1 unspecified atom stereocenters. The Morgan fingerprint density at radius 1 is 0.519 bits per heavy atom. The minimum Gasteiger partial charge on any atom is -0.308 e. The Bertz CT molecular complexity index is 3090. The van der Waals surface area contributed by atoms with E-state index in [-0.39, 0.29) is 11.7 Å². The fraction of sp³-hybridized carbons (Fsp3) is 0.0408. The Labute approximate surface area is 311 Å². The van der Waals surface area contributed by atoms with Crippen LogP contribution in [0.25, 0.3) is 77.8 Å². The molecule has 0 bridgehead atoms. The number of para-hydroxylation sites is 3. The topological polar surface area (TPSA) is 52.7 Å². The molecule has 0 saturated heterocycles. The van der Waals surface area contributed by atoms with Crippen LogP contribution in [0.2, 0.25) is 0 Å². The van der Waals surface area contributed by atoms with Crippen LogP contribution in [0.15, 0.2) is 176 Å². The molecule has 3 aromatic heterocycles. The zero-order chi connectivity index (χ0) is 35.8. The van der Waals surface area contributed by atoms with Crippen LogP contribution in [0.1, 0.15) is 33.8 Å². The van der Waals surface area contributed by atoms with Crippen molar-refractivity contribution in [1.29, 1.82) is 0 Å². The first-order chi connectivity index (χ1) is 26.7. The van der Waals surface area contributed by atoms with Gasteiger partial charge < -0.3 is 4.57 Å². The molecule has 0 amide bonds. The average molecular weight is 693 g/mol. The zero-order valence-corrected chi connectivity index (χ0v) is 29.2. The van der Waals surface area contributed by atoms with Gasteiger partial charge in [0.15, 0.2) is 5.78 Å². The predicted octanol–water partition coefficient (Wildman–Crippen LogP) is 11.7.